The number of carbonyl (C=O) groups is 1. The van der Waals surface area contributed by atoms with Crippen LogP contribution in [0.3, 0.4) is 0 Å². The van der Waals surface area contributed by atoms with Crippen molar-refractivity contribution in [2.24, 2.45) is 0 Å². The molecule has 1 N–H and O–H groups in total. The van der Waals surface area contributed by atoms with E-state index in [1.807, 2.05) is 24.0 Å². The van der Waals surface area contributed by atoms with E-state index in [0.717, 1.165) is 17.6 Å². The molecule has 23 heavy (non-hydrogen) atoms. The van der Waals surface area contributed by atoms with Crippen molar-refractivity contribution in [3.8, 4) is 0 Å². The largest absolute Gasteiger partial charge is 0.619 e. The summed E-state index contributed by atoms with van der Waals surface area (Å²) in [6.45, 7) is 2.68. The summed E-state index contributed by atoms with van der Waals surface area (Å²) in [7, 11) is 0. The molecule has 1 aliphatic heterocycles. The van der Waals surface area contributed by atoms with Crippen molar-refractivity contribution in [2.45, 2.75) is 19.4 Å². The summed E-state index contributed by atoms with van der Waals surface area (Å²) >= 11 is 0. The molecule has 1 aromatic carbocycles. The predicted molar refractivity (Wildman–Crippen MR) is 86.9 cm³/mol. The molecule has 4 rings (SSSR count). The first-order valence-corrected chi connectivity index (χ1v) is 7.74. The summed E-state index contributed by atoms with van der Waals surface area (Å²) in [5, 5.41) is 12.6. The molecule has 0 bridgehead atoms. The van der Waals surface area contributed by atoms with Gasteiger partial charge in [0.05, 0.1) is 6.04 Å². The van der Waals surface area contributed by atoms with Crippen LogP contribution in [0, 0.1) is 5.21 Å². The van der Waals surface area contributed by atoms with E-state index in [1.54, 1.807) is 12.1 Å². The van der Waals surface area contributed by atoms with Crippen LogP contribution in [0.25, 0.3) is 10.9 Å². The number of hydrogen-bond acceptors (Lipinski definition) is 2. The molecule has 5 nitrogen and oxygen atoms in total. The van der Waals surface area contributed by atoms with Gasteiger partial charge >= 0.3 is 0 Å². The van der Waals surface area contributed by atoms with Crippen molar-refractivity contribution >= 4 is 16.8 Å². The Morgan fingerprint density at radius 2 is 2.13 bits per heavy atom. The Morgan fingerprint density at radius 3 is 2.96 bits per heavy atom. The third kappa shape index (κ3) is 2.16. The average molecular weight is 307 g/mol. The molecule has 3 heterocycles. The molecule has 2 aromatic heterocycles. The molecule has 0 aliphatic carbocycles. The van der Waals surface area contributed by atoms with Crippen LogP contribution in [0.5, 0.6) is 0 Å². The number of pyridine rings is 1. The minimum absolute atomic E-state index is 0.0426. The van der Waals surface area contributed by atoms with Crippen LogP contribution in [0.2, 0.25) is 0 Å². The van der Waals surface area contributed by atoms with Gasteiger partial charge in [0.1, 0.15) is 5.56 Å². The number of H-pyrrole nitrogens is 1. The number of benzene rings is 1. The standard InChI is InChI=1S/C18H17N3O2/c1-12-17-15(14-6-2-3-7-16(14)19-17)8-10-21(12)18(22)13-5-4-9-20(23)11-13/h2-7,9,11-12,19H,8,10H2,1H3/t12-/m0/s1. The molecule has 1 aliphatic rings. The highest BCUT2D eigenvalue weighted by Gasteiger charge is 2.31. The zero-order valence-electron chi connectivity index (χ0n) is 12.8. The van der Waals surface area contributed by atoms with Crippen LogP contribution in [-0.2, 0) is 6.42 Å². The Bertz CT molecular complexity index is 900. The van der Waals surface area contributed by atoms with Crippen molar-refractivity contribution < 1.29 is 9.52 Å². The van der Waals surface area contributed by atoms with Gasteiger partial charge in [0, 0.05) is 29.2 Å². The van der Waals surface area contributed by atoms with Crippen molar-refractivity contribution in [2.75, 3.05) is 6.54 Å². The van der Waals surface area contributed by atoms with Gasteiger partial charge in [-0.1, -0.05) is 18.2 Å². The number of nitrogens with zero attached hydrogens (tertiary/aromatic N) is 2. The average Bonchev–Trinajstić information content (AvgIpc) is 2.94. The number of rotatable bonds is 1. The molecule has 0 saturated heterocycles. The van der Waals surface area contributed by atoms with Crippen LogP contribution < -0.4 is 4.73 Å². The van der Waals surface area contributed by atoms with E-state index in [1.165, 1.54) is 23.3 Å². The van der Waals surface area contributed by atoms with Gasteiger partial charge in [-0.05, 0) is 31.0 Å². The number of amides is 1. The SMILES string of the molecule is C[C@H]1c2[nH]c3ccccc3c2CCN1C(=O)c1ccc[n+]([O-])c1. The molecule has 0 unspecified atom stereocenters. The monoisotopic (exact) mass is 307 g/mol. The number of aromatic nitrogens is 2. The summed E-state index contributed by atoms with van der Waals surface area (Å²) in [6.07, 6.45) is 3.53. The molecule has 1 amide bonds. The van der Waals surface area contributed by atoms with Gasteiger partial charge in [0.25, 0.3) is 5.91 Å². The lowest BCUT2D eigenvalue weighted by Gasteiger charge is -2.33. The maximum Gasteiger partial charge on any atom is 0.260 e. The van der Waals surface area contributed by atoms with Crippen molar-refractivity contribution in [1.29, 1.82) is 0 Å². The van der Waals surface area contributed by atoms with Crippen LogP contribution >= 0.6 is 0 Å². The Hall–Kier alpha value is -2.82. The van der Waals surface area contributed by atoms with E-state index in [4.69, 9.17) is 0 Å². The highest BCUT2D eigenvalue weighted by molar-refractivity contribution is 5.94. The fourth-order valence-electron chi connectivity index (χ4n) is 3.45. The predicted octanol–water partition coefficient (Wildman–Crippen LogP) is 2.56. The topological polar surface area (TPSA) is 63.0 Å². The summed E-state index contributed by atoms with van der Waals surface area (Å²) in [5.74, 6) is -0.105. The summed E-state index contributed by atoms with van der Waals surface area (Å²) in [6, 6.07) is 11.5. The maximum atomic E-state index is 12.7. The van der Waals surface area contributed by atoms with Crippen molar-refractivity contribution in [1.82, 2.24) is 9.88 Å². The van der Waals surface area contributed by atoms with E-state index < -0.39 is 0 Å². The van der Waals surface area contributed by atoms with E-state index >= 15 is 0 Å². The Balaban J connectivity index is 1.72. The summed E-state index contributed by atoms with van der Waals surface area (Å²) in [4.78, 5) is 18.0. The molecule has 0 fully saturated rings. The lowest BCUT2D eigenvalue weighted by molar-refractivity contribution is -0.605. The van der Waals surface area contributed by atoms with Gasteiger partial charge in [-0.25, -0.2) is 0 Å². The molecule has 1 atom stereocenters. The lowest BCUT2D eigenvalue weighted by Crippen LogP contribution is -2.40. The first-order valence-electron chi connectivity index (χ1n) is 7.74. The van der Waals surface area contributed by atoms with Gasteiger partial charge in [0.2, 0.25) is 0 Å². The number of nitrogens with one attached hydrogen (secondary N) is 1. The zero-order valence-corrected chi connectivity index (χ0v) is 12.8. The second kappa shape index (κ2) is 5.12. The minimum atomic E-state index is -0.105. The van der Waals surface area contributed by atoms with Crippen molar-refractivity contribution in [3.05, 3.63) is 70.8 Å². The van der Waals surface area contributed by atoms with Gasteiger partial charge in [-0.15, -0.1) is 0 Å². The van der Waals surface area contributed by atoms with E-state index in [2.05, 4.69) is 17.1 Å². The van der Waals surface area contributed by atoms with Crippen LogP contribution in [-0.4, -0.2) is 22.3 Å². The Labute approximate surface area is 133 Å². The molecule has 116 valence electrons. The molecule has 0 radical (unpaired) electrons. The zero-order chi connectivity index (χ0) is 16.0. The van der Waals surface area contributed by atoms with Gasteiger partial charge in [-0.2, -0.15) is 4.73 Å². The molecule has 3 aromatic rings. The Morgan fingerprint density at radius 1 is 1.30 bits per heavy atom. The molecule has 0 spiro atoms. The first-order chi connectivity index (χ1) is 11.1. The van der Waals surface area contributed by atoms with E-state index in [-0.39, 0.29) is 11.9 Å². The number of aromatic amines is 1. The fourth-order valence-corrected chi connectivity index (χ4v) is 3.45. The smallest absolute Gasteiger partial charge is 0.260 e. The highest BCUT2D eigenvalue weighted by Crippen LogP contribution is 2.34. The summed E-state index contributed by atoms with van der Waals surface area (Å²) in [5.41, 5.74) is 3.92. The number of fused-ring (bicyclic) bond motifs is 3. The van der Waals surface area contributed by atoms with Gasteiger partial charge in [0.15, 0.2) is 12.4 Å². The maximum absolute atomic E-state index is 12.7. The second-order valence-corrected chi connectivity index (χ2v) is 5.94. The van der Waals surface area contributed by atoms with Crippen LogP contribution in [0.1, 0.15) is 34.6 Å². The number of hydrogen-bond donors (Lipinski definition) is 1. The Kier molecular flexibility index (Phi) is 3.08. The first kappa shape index (κ1) is 13.8. The molecular weight excluding hydrogens is 290 g/mol. The van der Waals surface area contributed by atoms with Crippen LogP contribution in [0.4, 0.5) is 0 Å². The second-order valence-electron chi connectivity index (χ2n) is 5.94. The number of carbonyl (C=O) groups excluding carboxylic acids is 1. The van der Waals surface area contributed by atoms with E-state index in [9.17, 15) is 10.0 Å². The summed E-state index contributed by atoms with van der Waals surface area (Å²) < 4.78 is 0.663. The minimum Gasteiger partial charge on any atom is -0.619 e. The highest BCUT2D eigenvalue weighted by atomic mass is 16.5. The third-order valence-corrected chi connectivity index (χ3v) is 4.62. The molecule has 5 heteroatoms. The van der Waals surface area contributed by atoms with Gasteiger partial charge < -0.3 is 15.1 Å². The molecule has 0 saturated carbocycles. The van der Waals surface area contributed by atoms with Gasteiger partial charge in [-0.3, -0.25) is 4.79 Å². The fraction of sp³-hybridized carbons (Fsp3) is 0.222. The van der Waals surface area contributed by atoms with Crippen LogP contribution in [0.15, 0.2) is 48.8 Å². The molecular formula is C18H17N3O2. The van der Waals surface area contributed by atoms with E-state index in [0.29, 0.717) is 16.8 Å². The number of para-hydroxylation sites is 1. The quantitative estimate of drug-likeness (QED) is 0.555. The third-order valence-electron chi connectivity index (χ3n) is 4.62. The normalized spacial score (nSPS) is 17.3. The van der Waals surface area contributed by atoms with Crippen molar-refractivity contribution in [3.63, 3.8) is 0 Å². The lowest BCUT2D eigenvalue weighted by atomic mass is 9.97.